The molecule has 1 aromatic rings. The lowest BCUT2D eigenvalue weighted by Crippen LogP contribution is -2.44. The summed E-state index contributed by atoms with van der Waals surface area (Å²) in [4.78, 5) is 23.7. The molecule has 0 aliphatic carbocycles. The van der Waals surface area contributed by atoms with Gasteiger partial charge in [0.25, 0.3) is 5.91 Å². The highest BCUT2D eigenvalue weighted by Gasteiger charge is 2.25. The molecular formula is C17H24ClNO5. The summed E-state index contributed by atoms with van der Waals surface area (Å²) in [7, 11) is 0. The Balaban J connectivity index is 2.52. The van der Waals surface area contributed by atoms with Gasteiger partial charge >= 0.3 is 5.97 Å². The Morgan fingerprint density at radius 2 is 1.96 bits per heavy atom. The Bertz CT molecular complexity index is 597. The molecule has 1 rings (SSSR count). The summed E-state index contributed by atoms with van der Waals surface area (Å²) in [5, 5.41) is 12.6. The Kier molecular flexibility index (Phi) is 7.05. The van der Waals surface area contributed by atoms with Crippen molar-refractivity contribution in [2.45, 2.75) is 52.4 Å². The summed E-state index contributed by atoms with van der Waals surface area (Å²) in [5.41, 5.74) is 0.239. The van der Waals surface area contributed by atoms with Crippen molar-refractivity contribution >= 4 is 23.5 Å². The number of nitrogens with one attached hydrogen (secondary N) is 1. The average molecular weight is 358 g/mol. The van der Waals surface area contributed by atoms with Crippen LogP contribution in [-0.4, -0.2) is 41.3 Å². The lowest BCUT2D eigenvalue weighted by Gasteiger charge is -2.22. The van der Waals surface area contributed by atoms with Crippen molar-refractivity contribution in [1.29, 1.82) is 0 Å². The van der Waals surface area contributed by atoms with Gasteiger partial charge in [-0.2, -0.15) is 0 Å². The molecule has 2 N–H and O–H groups in total. The van der Waals surface area contributed by atoms with E-state index in [0.717, 1.165) is 5.56 Å². The van der Waals surface area contributed by atoms with Gasteiger partial charge in [-0.3, -0.25) is 4.79 Å². The molecule has 0 heterocycles. The average Bonchev–Trinajstić information content (AvgIpc) is 2.46. The van der Waals surface area contributed by atoms with Crippen LogP contribution in [0.2, 0.25) is 5.02 Å². The number of aliphatic hydroxyl groups is 1. The van der Waals surface area contributed by atoms with E-state index >= 15 is 0 Å². The van der Waals surface area contributed by atoms with Crippen LogP contribution in [0.5, 0.6) is 5.75 Å². The number of aliphatic hydroxyl groups excluding tert-OH is 1. The summed E-state index contributed by atoms with van der Waals surface area (Å²) < 4.78 is 10.5. The second kappa shape index (κ2) is 8.35. The fourth-order valence-corrected chi connectivity index (χ4v) is 1.90. The van der Waals surface area contributed by atoms with Crippen LogP contribution in [0.25, 0.3) is 0 Å². The zero-order chi connectivity index (χ0) is 18.5. The van der Waals surface area contributed by atoms with Crippen LogP contribution in [0.4, 0.5) is 0 Å². The van der Waals surface area contributed by atoms with Gasteiger partial charge in [0.2, 0.25) is 0 Å². The van der Waals surface area contributed by atoms with Crippen molar-refractivity contribution in [2.75, 3.05) is 6.54 Å². The number of hydrogen-bond acceptors (Lipinski definition) is 5. The third kappa shape index (κ3) is 6.76. The van der Waals surface area contributed by atoms with Crippen LogP contribution in [0.3, 0.4) is 0 Å². The zero-order valence-corrected chi connectivity index (χ0v) is 15.3. The van der Waals surface area contributed by atoms with Crippen molar-refractivity contribution < 1.29 is 24.2 Å². The Morgan fingerprint density at radius 1 is 1.33 bits per heavy atom. The van der Waals surface area contributed by atoms with Gasteiger partial charge in [-0.25, -0.2) is 4.79 Å². The van der Waals surface area contributed by atoms with Gasteiger partial charge in [0.15, 0.2) is 12.2 Å². The first-order valence-corrected chi connectivity index (χ1v) is 7.99. The van der Waals surface area contributed by atoms with Crippen molar-refractivity contribution in [1.82, 2.24) is 5.32 Å². The third-order valence-corrected chi connectivity index (χ3v) is 3.22. The molecule has 2 atom stereocenters. The summed E-state index contributed by atoms with van der Waals surface area (Å²) >= 11 is 6.02. The molecule has 0 spiro atoms. The topological polar surface area (TPSA) is 84.9 Å². The van der Waals surface area contributed by atoms with Gasteiger partial charge < -0.3 is 19.9 Å². The van der Waals surface area contributed by atoms with Crippen molar-refractivity contribution in [3.05, 3.63) is 28.8 Å². The van der Waals surface area contributed by atoms with E-state index in [-0.39, 0.29) is 6.54 Å². The standard InChI is InChI=1S/C17H24ClNO5/c1-10-6-7-12(18)14(8-10)23-11(2)15(21)19-9-13(20)16(22)24-17(3,4)5/h6-8,11,13,20H,9H2,1-5H3,(H,19,21). The lowest BCUT2D eigenvalue weighted by atomic mass is 10.2. The molecule has 0 saturated heterocycles. The summed E-state index contributed by atoms with van der Waals surface area (Å²) in [5.74, 6) is -0.875. The molecule has 1 aromatic carbocycles. The molecule has 134 valence electrons. The third-order valence-electron chi connectivity index (χ3n) is 2.91. The number of benzene rings is 1. The number of ether oxygens (including phenoxy) is 2. The van der Waals surface area contributed by atoms with Crippen LogP contribution >= 0.6 is 11.6 Å². The normalized spacial score (nSPS) is 13.8. The first-order chi connectivity index (χ1) is 11.0. The largest absolute Gasteiger partial charge is 0.479 e. The first-order valence-electron chi connectivity index (χ1n) is 7.61. The van der Waals surface area contributed by atoms with Crippen LogP contribution in [-0.2, 0) is 14.3 Å². The predicted molar refractivity (Wildman–Crippen MR) is 91.1 cm³/mol. The van der Waals surface area contributed by atoms with E-state index in [1.807, 2.05) is 13.0 Å². The molecule has 0 aromatic heterocycles. The van der Waals surface area contributed by atoms with Crippen molar-refractivity contribution in [2.24, 2.45) is 0 Å². The molecule has 0 aliphatic rings. The minimum absolute atomic E-state index is 0.261. The van der Waals surface area contributed by atoms with E-state index in [9.17, 15) is 14.7 Å². The number of aryl methyl sites for hydroxylation is 1. The molecule has 0 aliphatic heterocycles. The van der Waals surface area contributed by atoms with E-state index in [0.29, 0.717) is 10.8 Å². The van der Waals surface area contributed by atoms with E-state index in [1.165, 1.54) is 0 Å². The van der Waals surface area contributed by atoms with Gasteiger partial charge in [0.1, 0.15) is 11.4 Å². The van der Waals surface area contributed by atoms with E-state index < -0.39 is 29.7 Å². The molecule has 0 fully saturated rings. The van der Waals surface area contributed by atoms with Gasteiger partial charge in [0, 0.05) is 0 Å². The highest BCUT2D eigenvalue weighted by molar-refractivity contribution is 6.32. The monoisotopic (exact) mass is 357 g/mol. The Morgan fingerprint density at radius 3 is 2.54 bits per heavy atom. The molecule has 2 unspecified atom stereocenters. The predicted octanol–water partition coefficient (Wildman–Crippen LogP) is 2.23. The Hall–Kier alpha value is -1.79. The smallest absolute Gasteiger partial charge is 0.337 e. The molecule has 0 radical (unpaired) electrons. The lowest BCUT2D eigenvalue weighted by molar-refractivity contribution is -0.164. The second-order valence-corrected chi connectivity index (χ2v) is 6.90. The molecule has 24 heavy (non-hydrogen) atoms. The van der Waals surface area contributed by atoms with Gasteiger partial charge in [0.05, 0.1) is 11.6 Å². The number of esters is 1. The van der Waals surface area contributed by atoms with E-state index in [4.69, 9.17) is 21.1 Å². The van der Waals surface area contributed by atoms with Crippen LogP contribution in [0.1, 0.15) is 33.3 Å². The van der Waals surface area contributed by atoms with Crippen LogP contribution < -0.4 is 10.1 Å². The van der Waals surface area contributed by atoms with E-state index in [1.54, 1.807) is 39.8 Å². The molecule has 1 amide bonds. The maximum absolute atomic E-state index is 12.0. The summed E-state index contributed by atoms with van der Waals surface area (Å²) in [6, 6.07) is 5.24. The summed E-state index contributed by atoms with van der Waals surface area (Å²) in [6.45, 7) is 8.25. The van der Waals surface area contributed by atoms with Crippen molar-refractivity contribution in [3.8, 4) is 5.75 Å². The number of carbonyl (C=O) groups excluding carboxylic acids is 2. The maximum Gasteiger partial charge on any atom is 0.337 e. The van der Waals surface area contributed by atoms with E-state index in [2.05, 4.69) is 5.32 Å². The first kappa shape index (κ1) is 20.3. The highest BCUT2D eigenvalue weighted by atomic mass is 35.5. The molecule has 0 bridgehead atoms. The second-order valence-electron chi connectivity index (χ2n) is 6.49. The number of rotatable bonds is 6. The zero-order valence-electron chi connectivity index (χ0n) is 14.6. The maximum atomic E-state index is 12.0. The number of carbonyl (C=O) groups is 2. The SMILES string of the molecule is Cc1ccc(Cl)c(OC(C)C(=O)NCC(O)C(=O)OC(C)(C)C)c1. The van der Waals surface area contributed by atoms with Gasteiger partial charge in [-0.05, 0) is 52.3 Å². The van der Waals surface area contributed by atoms with Crippen LogP contribution in [0.15, 0.2) is 18.2 Å². The number of amides is 1. The fraction of sp³-hybridized carbons (Fsp3) is 0.529. The highest BCUT2D eigenvalue weighted by Crippen LogP contribution is 2.26. The quantitative estimate of drug-likeness (QED) is 0.763. The molecule has 0 saturated carbocycles. The molecule has 7 heteroatoms. The Labute approximate surface area is 147 Å². The number of hydrogen-bond donors (Lipinski definition) is 2. The minimum Gasteiger partial charge on any atom is -0.479 e. The van der Waals surface area contributed by atoms with Crippen LogP contribution in [0, 0.1) is 6.92 Å². The minimum atomic E-state index is -1.44. The van der Waals surface area contributed by atoms with Gasteiger partial charge in [-0.1, -0.05) is 17.7 Å². The van der Waals surface area contributed by atoms with Crippen molar-refractivity contribution in [3.63, 3.8) is 0 Å². The fourth-order valence-electron chi connectivity index (χ4n) is 1.74. The molecular weight excluding hydrogens is 334 g/mol. The van der Waals surface area contributed by atoms with Gasteiger partial charge in [-0.15, -0.1) is 0 Å². The summed E-state index contributed by atoms with van der Waals surface area (Å²) in [6.07, 6.45) is -2.28. The molecule has 6 nitrogen and oxygen atoms in total. The number of halogens is 1.